The molecule has 1 aliphatic heterocycles. The van der Waals surface area contributed by atoms with Crippen LogP contribution < -0.4 is 5.73 Å². The number of rotatable bonds is 4. The van der Waals surface area contributed by atoms with Crippen LogP contribution in [0.4, 0.5) is 5.69 Å². The number of H-pyrrole nitrogens is 1. The van der Waals surface area contributed by atoms with Crippen molar-refractivity contribution in [2.45, 2.75) is 52.4 Å². The molecule has 5 heteroatoms. The third kappa shape index (κ3) is 2.97. The summed E-state index contributed by atoms with van der Waals surface area (Å²) in [6, 6.07) is 0. The average Bonchev–Trinajstić information content (AvgIpc) is 2.81. The van der Waals surface area contributed by atoms with E-state index in [1.807, 2.05) is 18.7 Å². The Kier molecular flexibility index (Phi) is 4.68. The maximum absolute atomic E-state index is 12.5. The number of carbonyl (C=O) groups is 1. The molecule has 112 valence electrons. The first kappa shape index (κ1) is 14.9. The zero-order valence-corrected chi connectivity index (χ0v) is 12.8. The van der Waals surface area contributed by atoms with Gasteiger partial charge in [0.25, 0.3) is 5.91 Å². The van der Waals surface area contributed by atoms with Crippen LogP contribution in [0.2, 0.25) is 0 Å². The predicted octanol–water partition coefficient (Wildman–Crippen LogP) is 2.77. The van der Waals surface area contributed by atoms with Crippen LogP contribution in [0, 0.1) is 5.92 Å². The van der Waals surface area contributed by atoms with Crippen LogP contribution in [0.3, 0.4) is 0 Å². The van der Waals surface area contributed by atoms with Crippen LogP contribution in [-0.2, 0) is 0 Å². The molecule has 0 atom stereocenters. The number of hydrogen-bond acceptors (Lipinski definition) is 3. The Labute approximate surface area is 120 Å². The Morgan fingerprint density at radius 2 is 2.10 bits per heavy atom. The van der Waals surface area contributed by atoms with E-state index in [-0.39, 0.29) is 11.8 Å². The van der Waals surface area contributed by atoms with Crippen LogP contribution in [0.15, 0.2) is 0 Å². The molecule has 0 aromatic carbocycles. The van der Waals surface area contributed by atoms with E-state index in [0.29, 0.717) is 11.4 Å². The molecule has 2 heterocycles. The number of nitrogens with zero attached hydrogens (tertiary/aromatic N) is 2. The number of aromatic amines is 1. The molecule has 3 N–H and O–H groups in total. The van der Waals surface area contributed by atoms with E-state index >= 15 is 0 Å². The van der Waals surface area contributed by atoms with Gasteiger partial charge in [-0.25, -0.2) is 0 Å². The monoisotopic (exact) mass is 278 g/mol. The van der Waals surface area contributed by atoms with Gasteiger partial charge in [-0.15, -0.1) is 0 Å². The van der Waals surface area contributed by atoms with E-state index in [0.717, 1.165) is 37.5 Å². The number of piperidine rings is 1. The molecule has 1 aromatic rings. The lowest BCUT2D eigenvalue weighted by Gasteiger charge is -2.31. The fourth-order valence-corrected chi connectivity index (χ4v) is 2.95. The topological polar surface area (TPSA) is 75.0 Å². The van der Waals surface area contributed by atoms with Crippen LogP contribution in [-0.4, -0.2) is 34.1 Å². The van der Waals surface area contributed by atoms with E-state index in [1.54, 1.807) is 0 Å². The first-order valence-corrected chi connectivity index (χ1v) is 7.67. The Morgan fingerprint density at radius 1 is 1.45 bits per heavy atom. The highest BCUT2D eigenvalue weighted by atomic mass is 16.2. The number of nitrogens with two attached hydrogens (primary N) is 1. The molecular weight excluding hydrogens is 252 g/mol. The first-order valence-electron chi connectivity index (χ1n) is 7.67. The highest BCUT2D eigenvalue weighted by Crippen LogP contribution is 2.26. The standard InChI is InChI=1S/C15H26N4O/c1-4-5-11-6-8-19(9-7-11)15(20)14-12(16)13(10(2)3)17-18-14/h10-11H,4-9,16H2,1-3H3,(H,17,18). The molecule has 1 aromatic heterocycles. The Morgan fingerprint density at radius 3 is 2.60 bits per heavy atom. The van der Waals surface area contributed by atoms with Gasteiger partial charge in [0.15, 0.2) is 5.69 Å². The average molecular weight is 278 g/mol. The summed E-state index contributed by atoms with van der Waals surface area (Å²) in [5.74, 6) is 0.992. The van der Waals surface area contributed by atoms with Crippen molar-refractivity contribution in [2.75, 3.05) is 18.8 Å². The molecule has 1 saturated heterocycles. The third-order valence-electron chi connectivity index (χ3n) is 4.21. The lowest BCUT2D eigenvalue weighted by Crippen LogP contribution is -2.38. The van der Waals surface area contributed by atoms with Crippen molar-refractivity contribution >= 4 is 11.6 Å². The molecule has 0 saturated carbocycles. The third-order valence-corrected chi connectivity index (χ3v) is 4.21. The van der Waals surface area contributed by atoms with Gasteiger partial charge in [-0.3, -0.25) is 9.89 Å². The zero-order chi connectivity index (χ0) is 14.7. The Bertz CT molecular complexity index is 458. The fourth-order valence-electron chi connectivity index (χ4n) is 2.95. The molecule has 1 fully saturated rings. The van der Waals surface area contributed by atoms with Crippen molar-refractivity contribution < 1.29 is 4.79 Å². The number of nitrogen functional groups attached to an aromatic ring is 1. The molecule has 1 aliphatic rings. The molecule has 0 unspecified atom stereocenters. The lowest BCUT2D eigenvalue weighted by atomic mass is 9.92. The molecule has 0 radical (unpaired) electrons. The zero-order valence-electron chi connectivity index (χ0n) is 12.8. The van der Waals surface area contributed by atoms with E-state index in [9.17, 15) is 4.79 Å². The molecule has 0 bridgehead atoms. The SMILES string of the molecule is CCCC1CCN(C(=O)c2n[nH]c(C(C)C)c2N)CC1. The van der Waals surface area contributed by atoms with Gasteiger partial charge in [0.2, 0.25) is 0 Å². The van der Waals surface area contributed by atoms with Gasteiger partial charge in [-0.05, 0) is 24.7 Å². The summed E-state index contributed by atoms with van der Waals surface area (Å²) in [5, 5.41) is 7.03. The molecular formula is C15H26N4O. The summed E-state index contributed by atoms with van der Waals surface area (Å²) >= 11 is 0. The second-order valence-corrected chi connectivity index (χ2v) is 6.08. The van der Waals surface area contributed by atoms with Crippen molar-refractivity contribution in [1.29, 1.82) is 0 Å². The minimum absolute atomic E-state index is 0.0272. The van der Waals surface area contributed by atoms with Crippen molar-refractivity contribution in [1.82, 2.24) is 15.1 Å². The van der Waals surface area contributed by atoms with Crippen molar-refractivity contribution in [3.05, 3.63) is 11.4 Å². The van der Waals surface area contributed by atoms with Gasteiger partial charge in [-0.2, -0.15) is 5.10 Å². The molecule has 1 amide bonds. The summed E-state index contributed by atoms with van der Waals surface area (Å²) in [4.78, 5) is 14.4. The number of hydrogen-bond donors (Lipinski definition) is 2. The molecule has 0 aliphatic carbocycles. The van der Waals surface area contributed by atoms with Gasteiger partial charge in [-0.1, -0.05) is 33.6 Å². The summed E-state index contributed by atoms with van der Waals surface area (Å²) in [6.45, 7) is 7.94. The number of likely N-dealkylation sites (tertiary alicyclic amines) is 1. The molecule has 20 heavy (non-hydrogen) atoms. The molecule has 0 spiro atoms. The Hall–Kier alpha value is -1.52. The number of amides is 1. The lowest BCUT2D eigenvalue weighted by molar-refractivity contribution is 0.0681. The number of aromatic nitrogens is 2. The number of anilines is 1. The van der Waals surface area contributed by atoms with Gasteiger partial charge in [0.05, 0.1) is 11.4 Å². The second kappa shape index (κ2) is 6.29. The maximum atomic E-state index is 12.5. The van der Waals surface area contributed by atoms with Gasteiger partial charge >= 0.3 is 0 Å². The molecule has 5 nitrogen and oxygen atoms in total. The van der Waals surface area contributed by atoms with Crippen LogP contribution >= 0.6 is 0 Å². The van der Waals surface area contributed by atoms with Crippen molar-refractivity contribution in [3.8, 4) is 0 Å². The summed E-state index contributed by atoms with van der Waals surface area (Å²) in [6.07, 6.45) is 4.69. The minimum Gasteiger partial charge on any atom is -0.395 e. The summed E-state index contributed by atoms with van der Waals surface area (Å²) in [5.41, 5.74) is 7.81. The van der Waals surface area contributed by atoms with E-state index in [2.05, 4.69) is 17.1 Å². The summed E-state index contributed by atoms with van der Waals surface area (Å²) < 4.78 is 0. The quantitative estimate of drug-likeness (QED) is 0.889. The highest BCUT2D eigenvalue weighted by molar-refractivity contribution is 5.97. The van der Waals surface area contributed by atoms with Crippen LogP contribution in [0.5, 0.6) is 0 Å². The van der Waals surface area contributed by atoms with Crippen molar-refractivity contribution in [2.24, 2.45) is 5.92 Å². The normalized spacial score (nSPS) is 16.9. The van der Waals surface area contributed by atoms with Crippen molar-refractivity contribution in [3.63, 3.8) is 0 Å². The van der Waals surface area contributed by atoms with E-state index in [1.165, 1.54) is 12.8 Å². The number of carbonyl (C=O) groups excluding carboxylic acids is 1. The first-order chi connectivity index (χ1) is 9.54. The second-order valence-electron chi connectivity index (χ2n) is 6.08. The Balaban J connectivity index is 2.02. The highest BCUT2D eigenvalue weighted by Gasteiger charge is 2.27. The molecule has 2 rings (SSSR count). The summed E-state index contributed by atoms with van der Waals surface area (Å²) in [7, 11) is 0. The van der Waals surface area contributed by atoms with Crippen LogP contribution in [0.25, 0.3) is 0 Å². The fraction of sp³-hybridized carbons (Fsp3) is 0.733. The minimum atomic E-state index is -0.0272. The van der Waals surface area contributed by atoms with E-state index in [4.69, 9.17) is 5.73 Å². The van der Waals surface area contributed by atoms with Crippen LogP contribution in [0.1, 0.15) is 68.6 Å². The smallest absolute Gasteiger partial charge is 0.276 e. The number of nitrogens with one attached hydrogen (secondary N) is 1. The van der Waals surface area contributed by atoms with Gasteiger partial charge in [0, 0.05) is 13.1 Å². The maximum Gasteiger partial charge on any atom is 0.276 e. The van der Waals surface area contributed by atoms with Gasteiger partial charge < -0.3 is 10.6 Å². The largest absolute Gasteiger partial charge is 0.395 e. The van der Waals surface area contributed by atoms with E-state index < -0.39 is 0 Å². The van der Waals surface area contributed by atoms with Gasteiger partial charge in [0.1, 0.15) is 0 Å². The predicted molar refractivity (Wildman–Crippen MR) is 80.6 cm³/mol.